The minimum Gasteiger partial charge on any atom is -0.396 e. The highest BCUT2D eigenvalue weighted by Gasteiger charge is 2.37. The number of aliphatic hydroxyl groups is 1. The number of rotatable bonds is 4. The number of piperidine rings is 1. The van der Waals surface area contributed by atoms with E-state index in [2.05, 4.69) is 24.4 Å². The Morgan fingerprint density at radius 2 is 2.00 bits per heavy atom. The molecular weight excluding hydrogens is 360 g/mol. The molecule has 2 aromatic carbocycles. The number of benzene rings is 2. The number of urea groups is 1. The predicted octanol–water partition coefficient (Wildman–Crippen LogP) is 4.81. The Hall–Kier alpha value is -2.04. The third kappa shape index (κ3) is 4.63. The van der Waals surface area contributed by atoms with Gasteiger partial charge in [-0.1, -0.05) is 41.9 Å². The van der Waals surface area contributed by atoms with Crippen LogP contribution in [-0.4, -0.2) is 35.7 Å². The van der Waals surface area contributed by atoms with Gasteiger partial charge in [-0.05, 0) is 61.9 Å². The number of hydrogen-bond acceptors (Lipinski definition) is 2. The molecule has 0 aromatic heterocycles. The molecule has 1 aliphatic rings. The topological polar surface area (TPSA) is 52.6 Å². The highest BCUT2D eigenvalue weighted by atomic mass is 35.5. The van der Waals surface area contributed by atoms with Crippen LogP contribution in [0.2, 0.25) is 5.02 Å². The number of likely N-dealkylation sites (tertiary alicyclic amines) is 1. The van der Waals surface area contributed by atoms with E-state index in [-0.39, 0.29) is 18.1 Å². The molecule has 0 radical (unpaired) electrons. The molecule has 2 N–H and O–H groups in total. The van der Waals surface area contributed by atoms with E-state index in [0.29, 0.717) is 23.8 Å². The van der Waals surface area contributed by atoms with Gasteiger partial charge in [0.1, 0.15) is 0 Å². The quantitative estimate of drug-likeness (QED) is 0.792. The fourth-order valence-corrected chi connectivity index (χ4v) is 3.98. The largest absolute Gasteiger partial charge is 0.396 e. The minimum atomic E-state index is -0.299. The number of aliphatic hydroxyl groups excluding tert-OH is 1. The van der Waals surface area contributed by atoms with Crippen LogP contribution in [0, 0.1) is 19.3 Å². The lowest BCUT2D eigenvalue weighted by molar-refractivity contribution is 0.0499. The second-order valence-corrected chi connectivity index (χ2v) is 8.09. The Morgan fingerprint density at radius 1 is 1.22 bits per heavy atom. The van der Waals surface area contributed by atoms with Crippen molar-refractivity contribution in [2.24, 2.45) is 5.41 Å². The summed E-state index contributed by atoms with van der Waals surface area (Å²) in [4.78, 5) is 14.6. The van der Waals surface area contributed by atoms with E-state index < -0.39 is 0 Å². The molecule has 1 aliphatic heterocycles. The molecule has 1 heterocycles. The van der Waals surface area contributed by atoms with Crippen LogP contribution in [0.1, 0.15) is 29.5 Å². The van der Waals surface area contributed by atoms with Gasteiger partial charge in [-0.2, -0.15) is 0 Å². The number of nitrogens with zero attached hydrogens (tertiary/aromatic N) is 1. The van der Waals surface area contributed by atoms with Gasteiger partial charge < -0.3 is 15.3 Å². The highest BCUT2D eigenvalue weighted by Crippen LogP contribution is 2.34. The van der Waals surface area contributed by atoms with Crippen molar-refractivity contribution in [3.63, 3.8) is 0 Å². The van der Waals surface area contributed by atoms with Crippen molar-refractivity contribution < 1.29 is 9.90 Å². The second kappa shape index (κ2) is 8.32. The smallest absolute Gasteiger partial charge is 0.321 e. The van der Waals surface area contributed by atoms with E-state index in [1.54, 1.807) is 6.07 Å². The van der Waals surface area contributed by atoms with Gasteiger partial charge >= 0.3 is 6.03 Å². The molecule has 0 bridgehead atoms. The third-order valence-electron chi connectivity index (χ3n) is 5.53. The molecule has 27 heavy (non-hydrogen) atoms. The van der Waals surface area contributed by atoms with Crippen LogP contribution in [-0.2, 0) is 6.42 Å². The maximum Gasteiger partial charge on any atom is 0.321 e. The summed E-state index contributed by atoms with van der Waals surface area (Å²) >= 11 is 6.16. The van der Waals surface area contributed by atoms with Crippen molar-refractivity contribution in [3.8, 4) is 0 Å². The lowest BCUT2D eigenvalue weighted by Gasteiger charge is -2.42. The van der Waals surface area contributed by atoms with E-state index in [1.807, 2.05) is 36.1 Å². The summed E-state index contributed by atoms with van der Waals surface area (Å²) in [7, 11) is 0. The molecule has 1 saturated heterocycles. The number of amides is 2. The average Bonchev–Trinajstić information content (AvgIpc) is 2.67. The number of aryl methyl sites for hydroxylation is 2. The van der Waals surface area contributed by atoms with Gasteiger partial charge in [0.05, 0.1) is 6.61 Å². The molecule has 144 valence electrons. The SMILES string of the molecule is Cc1ccc(NC(=O)N2CCC[C@](CO)(Cc3ccccc3C)C2)cc1Cl. The van der Waals surface area contributed by atoms with E-state index in [9.17, 15) is 9.90 Å². The van der Waals surface area contributed by atoms with E-state index in [1.165, 1.54) is 11.1 Å². The summed E-state index contributed by atoms with van der Waals surface area (Å²) in [5, 5.41) is 13.7. The van der Waals surface area contributed by atoms with Crippen LogP contribution in [0.25, 0.3) is 0 Å². The summed E-state index contributed by atoms with van der Waals surface area (Å²) in [6.07, 6.45) is 2.57. The zero-order valence-corrected chi connectivity index (χ0v) is 16.7. The highest BCUT2D eigenvalue weighted by molar-refractivity contribution is 6.31. The van der Waals surface area contributed by atoms with Crippen LogP contribution in [0.15, 0.2) is 42.5 Å². The van der Waals surface area contributed by atoms with Gasteiger partial charge in [0, 0.05) is 29.2 Å². The van der Waals surface area contributed by atoms with Gasteiger partial charge in [0.2, 0.25) is 0 Å². The average molecular weight is 387 g/mol. The number of anilines is 1. The zero-order chi connectivity index (χ0) is 19.4. The third-order valence-corrected chi connectivity index (χ3v) is 5.94. The first kappa shape index (κ1) is 19.7. The first-order valence-corrected chi connectivity index (χ1v) is 9.78. The number of carbonyl (C=O) groups excluding carboxylic acids is 1. The molecule has 1 fully saturated rings. The Bertz CT molecular complexity index is 824. The Labute approximate surface area is 166 Å². The molecule has 2 aromatic rings. The molecule has 2 amide bonds. The van der Waals surface area contributed by atoms with Crippen LogP contribution in [0.4, 0.5) is 10.5 Å². The Balaban J connectivity index is 1.72. The zero-order valence-electron chi connectivity index (χ0n) is 16.0. The summed E-state index contributed by atoms with van der Waals surface area (Å²) in [5.41, 5.74) is 3.83. The Kier molecular flexibility index (Phi) is 6.08. The molecule has 3 rings (SSSR count). The summed E-state index contributed by atoms with van der Waals surface area (Å²) in [6, 6.07) is 13.6. The summed E-state index contributed by atoms with van der Waals surface area (Å²) in [6.45, 7) is 5.33. The molecular formula is C22H27ClN2O2. The van der Waals surface area contributed by atoms with Crippen molar-refractivity contribution in [2.75, 3.05) is 25.0 Å². The molecule has 0 aliphatic carbocycles. The van der Waals surface area contributed by atoms with Crippen LogP contribution in [0.5, 0.6) is 0 Å². The van der Waals surface area contributed by atoms with Crippen molar-refractivity contribution >= 4 is 23.3 Å². The van der Waals surface area contributed by atoms with Crippen molar-refractivity contribution in [1.82, 2.24) is 4.90 Å². The molecule has 0 spiro atoms. The normalized spacial score (nSPS) is 19.8. The van der Waals surface area contributed by atoms with Gasteiger partial charge in [-0.25, -0.2) is 4.79 Å². The first-order valence-electron chi connectivity index (χ1n) is 9.40. The molecule has 0 unspecified atom stereocenters. The predicted molar refractivity (Wildman–Crippen MR) is 110 cm³/mol. The summed E-state index contributed by atoms with van der Waals surface area (Å²) < 4.78 is 0. The molecule has 5 heteroatoms. The van der Waals surface area contributed by atoms with Crippen LogP contribution < -0.4 is 5.32 Å². The minimum absolute atomic E-state index is 0.0709. The number of halogens is 1. The van der Waals surface area contributed by atoms with Gasteiger partial charge in [-0.3, -0.25) is 0 Å². The van der Waals surface area contributed by atoms with Gasteiger partial charge in [-0.15, -0.1) is 0 Å². The number of hydrogen-bond donors (Lipinski definition) is 2. The molecule has 4 nitrogen and oxygen atoms in total. The number of nitrogens with one attached hydrogen (secondary N) is 1. The van der Waals surface area contributed by atoms with E-state index in [0.717, 1.165) is 24.8 Å². The standard InChI is InChI=1S/C22H27ClN2O2/c1-16-6-3-4-7-18(16)13-22(15-26)10-5-11-25(14-22)21(27)24-19-9-8-17(2)20(23)12-19/h3-4,6-9,12,26H,5,10-11,13-15H2,1-2H3,(H,24,27)/t22-/m0/s1. The fourth-order valence-electron chi connectivity index (χ4n) is 3.80. The first-order chi connectivity index (χ1) is 12.9. The monoisotopic (exact) mass is 386 g/mol. The van der Waals surface area contributed by atoms with Gasteiger partial charge in [0.15, 0.2) is 0 Å². The fraction of sp³-hybridized carbons (Fsp3) is 0.409. The second-order valence-electron chi connectivity index (χ2n) is 7.68. The van der Waals surface area contributed by atoms with Crippen molar-refractivity contribution in [2.45, 2.75) is 33.1 Å². The summed E-state index contributed by atoms with van der Waals surface area (Å²) in [5.74, 6) is 0. The lowest BCUT2D eigenvalue weighted by Crippen LogP contribution is -2.50. The number of carbonyl (C=O) groups is 1. The molecule has 1 atom stereocenters. The lowest BCUT2D eigenvalue weighted by atomic mass is 9.75. The van der Waals surface area contributed by atoms with Crippen LogP contribution in [0.3, 0.4) is 0 Å². The maximum atomic E-state index is 12.8. The van der Waals surface area contributed by atoms with Gasteiger partial charge in [0.25, 0.3) is 0 Å². The van der Waals surface area contributed by atoms with Crippen molar-refractivity contribution in [1.29, 1.82) is 0 Å². The van der Waals surface area contributed by atoms with E-state index >= 15 is 0 Å². The molecule has 0 saturated carbocycles. The van der Waals surface area contributed by atoms with E-state index in [4.69, 9.17) is 11.6 Å². The Morgan fingerprint density at radius 3 is 2.70 bits per heavy atom. The van der Waals surface area contributed by atoms with Crippen molar-refractivity contribution in [3.05, 3.63) is 64.2 Å². The van der Waals surface area contributed by atoms with Crippen LogP contribution >= 0.6 is 11.6 Å². The maximum absolute atomic E-state index is 12.8.